The second-order valence-electron chi connectivity index (χ2n) is 4.82. The maximum atomic E-state index is 11.8. The lowest BCUT2D eigenvalue weighted by Gasteiger charge is -2.23. The molecule has 82 valence electrons. The van der Waals surface area contributed by atoms with Gasteiger partial charge >= 0.3 is 0 Å². The van der Waals surface area contributed by atoms with Gasteiger partial charge in [-0.05, 0) is 13.3 Å². The van der Waals surface area contributed by atoms with Gasteiger partial charge in [-0.15, -0.1) is 0 Å². The lowest BCUT2D eigenvalue weighted by Crippen LogP contribution is -2.27. The molecular weight excluding hydrogens is 176 g/mol. The Labute approximate surface area is 87.0 Å². The minimum Gasteiger partial charge on any atom is -0.392 e. The molecule has 0 heterocycles. The van der Waals surface area contributed by atoms with Crippen molar-refractivity contribution in [1.82, 2.24) is 0 Å². The van der Waals surface area contributed by atoms with Gasteiger partial charge in [0.15, 0.2) is 0 Å². The molecule has 0 aliphatic carbocycles. The van der Waals surface area contributed by atoms with Crippen molar-refractivity contribution in [2.45, 2.75) is 41.0 Å². The van der Waals surface area contributed by atoms with E-state index in [2.05, 4.69) is 0 Å². The zero-order valence-electron chi connectivity index (χ0n) is 9.92. The summed E-state index contributed by atoms with van der Waals surface area (Å²) in [4.78, 5) is 11.8. The van der Waals surface area contributed by atoms with Crippen LogP contribution in [0.2, 0.25) is 0 Å². The Morgan fingerprint density at radius 3 is 2.29 bits per heavy atom. The summed E-state index contributed by atoms with van der Waals surface area (Å²) >= 11 is 0. The SMILES string of the molecule is C/C(=C/CC(C)(C)C(=O)C(C)C)CO. The van der Waals surface area contributed by atoms with E-state index in [-0.39, 0.29) is 23.7 Å². The second-order valence-corrected chi connectivity index (χ2v) is 4.82. The summed E-state index contributed by atoms with van der Waals surface area (Å²) in [5.74, 6) is 0.354. The Bertz CT molecular complexity index is 224. The van der Waals surface area contributed by atoms with Gasteiger partial charge in [0.2, 0.25) is 0 Å². The standard InChI is InChI=1S/C12H22O2/c1-9(2)11(14)12(4,5)7-6-10(3)8-13/h6,9,13H,7-8H2,1-5H3/b10-6-. The normalized spacial score (nSPS) is 13.5. The lowest BCUT2D eigenvalue weighted by atomic mass is 9.79. The van der Waals surface area contributed by atoms with E-state index >= 15 is 0 Å². The quantitative estimate of drug-likeness (QED) is 0.689. The fraction of sp³-hybridized carbons (Fsp3) is 0.750. The van der Waals surface area contributed by atoms with E-state index in [9.17, 15) is 4.79 Å². The molecule has 0 aliphatic heterocycles. The Morgan fingerprint density at radius 2 is 1.93 bits per heavy atom. The predicted octanol–water partition coefficient (Wildman–Crippen LogP) is 2.57. The number of ketones is 1. The largest absolute Gasteiger partial charge is 0.392 e. The number of Topliss-reactive ketones (excluding diaryl/α,β-unsaturated/α-hetero) is 1. The molecule has 1 N–H and O–H groups in total. The van der Waals surface area contributed by atoms with Crippen molar-refractivity contribution in [3.8, 4) is 0 Å². The lowest BCUT2D eigenvalue weighted by molar-refractivity contribution is -0.130. The van der Waals surface area contributed by atoms with Gasteiger partial charge in [-0.3, -0.25) is 4.79 Å². The Balaban J connectivity index is 4.42. The van der Waals surface area contributed by atoms with Crippen LogP contribution >= 0.6 is 0 Å². The van der Waals surface area contributed by atoms with Crippen LogP contribution in [0.5, 0.6) is 0 Å². The maximum absolute atomic E-state index is 11.8. The van der Waals surface area contributed by atoms with E-state index in [1.807, 2.05) is 40.7 Å². The van der Waals surface area contributed by atoms with Gasteiger partial charge in [-0.1, -0.05) is 39.3 Å². The molecule has 0 bridgehead atoms. The van der Waals surface area contributed by atoms with Crippen LogP contribution in [-0.2, 0) is 4.79 Å². The first-order valence-corrected chi connectivity index (χ1v) is 5.12. The average Bonchev–Trinajstić information content (AvgIpc) is 2.12. The molecule has 2 heteroatoms. The molecule has 0 saturated carbocycles. The number of hydrogen-bond acceptors (Lipinski definition) is 2. The van der Waals surface area contributed by atoms with Crippen molar-refractivity contribution < 1.29 is 9.90 Å². The van der Waals surface area contributed by atoms with Crippen LogP contribution in [-0.4, -0.2) is 17.5 Å². The zero-order valence-corrected chi connectivity index (χ0v) is 9.92. The molecule has 0 spiro atoms. The van der Waals surface area contributed by atoms with Crippen LogP contribution in [0.25, 0.3) is 0 Å². The molecule has 0 rings (SSSR count). The van der Waals surface area contributed by atoms with Gasteiger partial charge in [-0.2, -0.15) is 0 Å². The fourth-order valence-corrected chi connectivity index (χ4v) is 1.38. The summed E-state index contributed by atoms with van der Waals surface area (Å²) in [5.41, 5.74) is 0.611. The number of rotatable bonds is 5. The number of aliphatic hydroxyl groups excluding tert-OH is 1. The van der Waals surface area contributed by atoms with Gasteiger partial charge in [0.1, 0.15) is 5.78 Å². The van der Waals surface area contributed by atoms with Crippen molar-refractivity contribution in [3.63, 3.8) is 0 Å². The molecule has 0 fully saturated rings. The average molecular weight is 198 g/mol. The van der Waals surface area contributed by atoms with Crippen molar-refractivity contribution in [1.29, 1.82) is 0 Å². The smallest absolute Gasteiger partial charge is 0.141 e. The third-order valence-electron chi connectivity index (χ3n) is 2.40. The van der Waals surface area contributed by atoms with Crippen LogP contribution in [0.4, 0.5) is 0 Å². The van der Waals surface area contributed by atoms with E-state index in [1.165, 1.54) is 0 Å². The van der Waals surface area contributed by atoms with Crippen LogP contribution in [0.3, 0.4) is 0 Å². The van der Waals surface area contributed by atoms with Crippen molar-refractivity contribution in [2.24, 2.45) is 11.3 Å². The molecule has 0 aromatic heterocycles. The number of carbonyl (C=O) groups excluding carboxylic acids is 1. The van der Waals surface area contributed by atoms with Crippen molar-refractivity contribution in [2.75, 3.05) is 6.61 Å². The summed E-state index contributed by atoms with van der Waals surface area (Å²) < 4.78 is 0. The topological polar surface area (TPSA) is 37.3 Å². The molecule has 0 amide bonds. The Kier molecular flexibility index (Phi) is 5.06. The molecule has 0 aromatic rings. The maximum Gasteiger partial charge on any atom is 0.141 e. The number of aliphatic hydroxyl groups is 1. The Morgan fingerprint density at radius 1 is 1.43 bits per heavy atom. The number of hydrogen-bond donors (Lipinski definition) is 1. The van der Waals surface area contributed by atoms with Gasteiger partial charge in [0.05, 0.1) is 6.61 Å². The number of carbonyl (C=O) groups is 1. The molecule has 14 heavy (non-hydrogen) atoms. The fourth-order valence-electron chi connectivity index (χ4n) is 1.38. The molecule has 0 aliphatic rings. The summed E-state index contributed by atoms with van der Waals surface area (Å²) in [5, 5.41) is 8.83. The zero-order chi connectivity index (χ0) is 11.4. The van der Waals surface area contributed by atoms with E-state index < -0.39 is 0 Å². The summed E-state index contributed by atoms with van der Waals surface area (Å²) in [6.45, 7) is 9.70. The summed E-state index contributed by atoms with van der Waals surface area (Å²) in [6.07, 6.45) is 2.65. The van der Waals surface area contributed by atoms with E-state index in [1.54, 1.807) is 0 Å². The first-order chi connectivity index (χ1) is 6.31. The van der Waals surface area contributed by atoms with E-state index in [0.717, 1.165) is 5.57 Å². The summed E-state index contributed by atoms with van der Waals surface area (Å²) in [7, 11) is 0. The monoisotopic (exact) mass is 198 g/mol. The minimum absolute atomic E-state index is 0.0753. The van der Waals surface area contributed by atoms with Gasteiger partial charge in [0.25, 0.3) is 0 Å². The van der Waals surface area contributed by atoms with Crippen molar-refractivity contribution in [3.05, 3.63) is 11.6 Å². The van der Waals surface area contributed by atoms with Crippen LogP contribution < -0.4 is 0 Å². The molecule has 0 radical (unpaired) electrons. The van der Waals surface area contributed by atoms with Gasteiger partial charge in [-0.25, -0.2) is 0 Å². The highest BCUT2D eigenvalue weighted by atomic mass is 16.3. The third kappa shape index (κ3) is 4.05. The highest BCUT2D eigenvalue weighted by Crippen LogP contribution is 2.26. The van der Waals surface area contributed by atoms with Crippen LogP contribution in [0, 0.1) is 11.3 Å². The number of allylic oxidation sites excluding steroid dienone is 1. The second kappa shape index (κ2) is 5.30. The van der Waals surface area contributed by atoms with Crippen LogP contribution in [0.1, 0.15) is 41.0 Å². The molecule has 2 nitrogen and oxygen atoms in total. The van der Waals surface area contributed by atoms with E-state index in [4.69, 9.17) is 5.11 Å². The van der Waals surface area contributed by atoms with Gasteiger partial charge < -0.3 is 5.11 Å². The highest BCUT2D eigenvalue weighted by molar-refractivity contribution is 5.85. The third-order valence-corrected chi connectivity index (χ3v) is 2.40. The highest BCUT2D eigenvalue weighted by Gasteiger charge is 2.27. The molecular formula is C12H22O2. The molecule has 0 unspecified atom stereocenters. The van der Waals surface area contributed by atoms with E-state index in [0.29, 0.717) is 6.42 Å². The van der Waals surface area contributed by atoms with Crippen LogP contribution in [0.15, 0.2) is 11.6 Å². The first-order valence-electron chi connectivity index (χ1n) is 5.12. The summed E-state index contributed by atoms with van der Waals surface area (Å²) in [6, 6.07) is 0. The van der Waals surface area contributed by atoms with Crippen molar-refractivity contribution >= 4 is 5.78 Å². The minimum atomic E-state index is -0.315. The van der Waals surface area contributed by atoms with Gasteiger partial charge in [0, 0.05) is 11.3 Å². The molecule has 0 aromatic carbocycles. The molecule has 0 atom stereocenters. The first kappa shape index (κ1) is 13.4. The molecule has 0 saturated heterocycles. The predicted molar refractivity (Wildman–Crippen MR) is 59.1 cm³/mol. The Hall–Kier alpha value is -0.630.